The van der Waals surface area contributed by atoms with E-state index in [1.807, 2.05) is 18.4 Å². The third kappa shape index (κ3) is 2.82. The molecule has 0 bridgehead atoms. The fraction of sp³-hybridized carbons (Fsp3) is 0.182. The zero-order valence-corrected chi connectivity index (χ0v) is 10.5. The number of thiazole rings is 1. The number of ether oxygens (including phenoxy) is 1. The van der Waals surface area contributed by atoms with Gasteiger partial charge in [-0.1, -0.05) is 0 Å². The summed E-state index contributed by atoms with van der Waals surface area (Å²) in [4.78, 5) is 19.4. The van der Waals surface area contributed by atoms with Crippen LogP contribution in [0, 0.1) is 6.92 Å². The number of carbonyl (C=O) groups excluding carboxylic acids is 1. The molecule has 0 saturated heterocycles. The number of nitrogen functional groups attached to an aromatic ring is 1. The van der Waals surface area contributed by atoms with Crippen molar-refractivity contribution in [2.75, 3.05) is 0 Å². The van der Waals surface area contributed by atoms with Crippen LogP contribution in [0.15, 0.2) is 23.7 Å². The maximum Gasteiger partial charge on any atom is 0.294 e. The summed E-state index contributed by atoms with van der Waals surface area (Å²) < 4.78 is 5.57. The highest BCUT2D eigenvalue weighted by Crippen LogP contribution is 2.16. The van der Waals surface area contributed by atoms with E-state index in [-0.39, 0.29) is 0 Å². The van der Waals surface area contributed by atoms with Crippen LogP contribution in [0.2, 0.25) is 0 Å². The Morgan fingerprint density at radius 2 is 2.44 bits per heavy atom. The second-order valence-electron chi connectivity index (χ2n) is 3.49. The molecule has 0 spiro atoms. The molecule has 2 rings (SSSR count). The minimum Gasteiger partial charge on any atom is -0.485 e. The number of nitrogens with two attached hydrogens (primary N) is 1. The molecule has 0 aromatic carbocycles. The minimum absolute atomic E-state index is 0.293. The van der Waals surface area contributed by atoms with Crippen LogP contribution < -0.4 is 16.0 Å². The average Bonchev–Trinajstić information content (AvgIpc) is 2.86. The summed E-state index contributed by atoms with van der Waals surface area (Å²) >= 11 is 1.22. The summed E-state index contributed by atoms with van der Waals surface area (Å²) in [5.41, 5.74) is 3.53. The first kappa shape index (κ1) is 12.5. The van der Waals surface area contributed by atoms with Crippen LogP contribution >= 0.6 is 11.3 Å². The quantitative estimate of drug-likeness (QED) is 0.489. The lowest BCUT2D eigenvalue weighted by Crippen LogP contribution is -2.29. The van der Waals surface area contributed by atoms with Crippen molar-refractivity contribution in [3.05, 3.63) is 40.1 Å². The molecule has 18 heavy (non-hydrogen) atoms. The van der Waals surface area contributed by atoms with Crippen molar-refractivity contribution in [1.82, 2.24) is 15.4 Å². The van der Waals surface area contributed by atoms with Gasteiger partial charge < -0.3 is 4.74 Å². The molecule has 0 aliphatic heterocycles. The van der Waals surface area contributed by atoms with E-state index in [2.05, 4.69) is 9.97 Å². The number of hydrazine groups is 1. The molecule has 0 atom stereocenters. The molecular formula is C11H12N4O2S. The maximum absolute atomic E-state index is 11.2. The molecule has 2 aromatic rings. The standard InChI is InChI=1S/C11H12N4O2S/c1-7-9(3-2-4-13-7)17-5-8-6-18-11(14-8)10(16)15-12/h2-4,6H,5,12H2,1H3,(H,15,16). The zero-order valence-electron chi connectivity index (χ0n) is 9.71. The molecule has 1 amide bonds. The van der Waals surface area contributed by atoms with Crippen molar-refractivity contribution in [3.8, 4) is 5.75 Å². The van der Waals surface area contributed by atoms with Crippen LogP contribution in [0.1, 0.15) is 21.2 Å². The zero-order chi connectivity index (χ0) is 13.0. The van der Waals surface area contributed by atoms with Gasteiger partial charge in [0, 0.05) is 11.6 Å². The molecule has 2 aromatic heterocycles. The van der Waals surface area contributed by atoms with Crippen molar-refractivity contribution in [3.63, 3.8) is 0 Å². The van der Waals surface area contributed by atoms with Gasteiger partial charge in [-0.2, -0.15) is 0 Å². The van der Waals surface area contributed by atoms with Gasteiger partial charge in [0.25, 0.3) is 5.91 Å². The van der Waals surface area contributed by atoms with Gasteiger partial charge >= 0.3 is 0 Å². The van der Waals surface area contributed by atoms with Crippen molar-refractivity contribution in [2.45, 2.75) is 13.5 Å². The summed E-state index contributed by atoms with van der Waals surface area (Å²) in [6.07, 6.45) is 1.70. The first-order valence-corrected chi connectivity index (χ1v) is 6.08. The highest BCUT2D eigenvalue weighted by Gasteiger charge is 2.10. The Hall–Kier alpha value is -1.99. The van der Waals surface area contributed by atoms with Crippen molar-refractivity contribution in [1.29, 1.82) is 0 Å². The number of amides is 1. The molecule has 2 heterocycles. The minimum atomic E-state index is -0.399. The van der Waals surface area contributed by atoms with Crippen molar-refractivity contribution < 1.29 is 9.53 Å². The lowest BCUT2D eigenvalue weighted by atomic mass is 10.3. The first-order valence-electron chi connectivity index (χ1n) is 5.20. The van der Waals surface area contributed by atoms with Crippen molar-refractivity contribution >= 4 is 17.2 Å². The molecule has 0 aliphatic rings. The van der Waals surface area contributed by atoms with Gasteiger partial charge in [0.15, 0.2) is 5.01 Å². The summed E-state index contributed by atoms with van der Waals surface area (Å²) in [5, 5.41) is 2.08. The van der Waals surface area contributed by atoms with Crippen LogP contribution in [-0.4, -0.2) is 15.9 Å². The molecular weight excluding hydrogens is 252 g/mol. The molecule has 7 heteroatoms. The SMILES string of the molecule is Cc1ncccc1OCc1csc(C(=O)NN)n1. The lowest BCUT2D eigenvalue weighted by Gasteiger charge is -2.05. The Kier molecular flexibility index (Phi) is 3.85. The Labute approximate surface area is 108 Å². The fourth-order valence-corrected chi connectivity index (χ4v) is 2.02. The number of nitrogens with one attached hydrogen (secondary N) is 1. The summed E-state index contributed by atoms with van der Waals surface area (Å²) in [6, 6.07) is 3.64. The van der Waals surface area contributed by atoms with E-state index in [4.69, 9.17) is 10.6 Å². The molecule has 0 aliphatic carbocycles. The third-order valence-corrected chi connectivity index (χ3v) is 3.10. The molecule has 94 valence electrons. The topological polar surface area (TPSA) is 90.1 Å². The van der Waals surface area contributed by atoms with Crippen LogP contribution in [0.25, 0.3) is 0 Å². The number of nitrogens with zero attached hydrogens (tertiary/aromatic N) is 2. The molecule has 3 N–H and O–H groups in total. The number of pyridine rings is 1. The van der Waals surface area contributed by atoms with Gasteiger partial charge in [0.2, 0.25) is 0 Å². The second-order valence-corrected chi connectivity index (χ2v) is 4.35. The Bertz CT molecular complexity index is 555. The number of rotatable bonds is 4. The Morgan fingerprint density at radius 1 is 1.61 bits per heavy atom. The largest absolute Gasteiger partial charge is 0.485 e. The van der Waals surface area contributed by atoms with Gasteiger partial charge in [-0.3, -0.25) is 15.2 Å². The van der Waals surface area contributed by atoms with E-state index in [0.717, 1.165) is 5.69 Å². The number of carbonyl (C=O) groups is 1. The second kappa shape index (κ2) is 5.56. The number of hydrogen-bond acceptors (Lipinski definition) is 6. The predicted molar refractivity (Wildman–Crippen MR) is 67.1 cm³/mol. The van der Waals surface area contributed by atoms with E-state index in [9.17, 15) is 4.79 Å². The van der Waals surface area contributed by atoms with E-state index >= 15 is 0 Å². The predicted octanol–water partition coefficient (Wildman–Crippen LogP) is 1.03. The van der Waals surface area contributed by atoms with Crippen molar-refractivity contribution in [2.24, 2.45) is 5.84 Å². The fourth-order valence-electron chi connectivity index (χ4n) is 1.31. The summed E-state index contributed by atoms with van der Waals surface area (Å²) in [7, 11) is 0. The summed E-state index contributed by atoms with van der Waals surface area (Å²) in [5.74, 6) is 5.33. The average molecular weight is 264 g/mol. The third-order valence-electron chi connectivity index (χ3n) is 2.21. The smallest absolute Gasteiger partial charge is 0.294 e. The molecule has 6 nitrogen and oxygen atoms in total. The number of aromatic nitrogens is 2. The maximum atomic E-state index is 11.2. The van der Waals surface area contributed by atoms with Crippen LogP contribution in [0.4, 0.5) is 0 Å². The van der Waals surface area contributed by atoms with Crippen LogP contribution in [0.5, 0.6) is 5.75 Å². The van der Waals surface area contributed by atoms with Gasteiger partial charge in [-0.15, -0.1) is 11.3 Å². The van der Waals surface area contributed by atoms with E-state index in [0.29, 0.717) is 23.1 Å². The van der Waals surface area contributed by atoms with Gasteiger partial charge in [-0.25, -0.2) is 10.8 Å². The van der Waals surface area contributed by atoms with E-state index < -0.39 is 5.91 Å². The molecule has 0 fully saturated rings. The van der Waals surface area contributed by atoms with Gasteiger partial charge in [-0.05, 0) is 19.1 Å². The van der Waals surface area contributed by atoms with E-state index in [1.165, 1.54) is 11.3 Å². The highest BCUT2D eigenvalue weighted by molar-refractivity contribution is 7.11. The monoisotopic (exact) mass is 264 g/mol. The Balaban J connectivity index is 2.01. The summed E-state index contributed by atoms with van der Waals surface area (Å²) in [6.45, 7) is 2.16. The van der Waals surface area contributed by atoms with Crippen LogP contribution in [-0.2, 0) is 6.61 Å². The van der Waals surface area contributed by atoms with Gasteiger partial charge in [0.1, 0.15) is 12.4 Å². The normalized spacial score (nSPS) is 10.1. The number of aryl methyl sites for hydroxylation is 1. The lowest BCUT2D eigenvalue weighted by molar-refractivity contribution is 0.0953. The molecule has 0 radical (unpaired) electrons. The Morgan fingerprint density at radius 3 is 3.17 bits per heavy atom. The first-order chi connectivity index (χ1) is 8.70. The highest BCUT2D eigenvalue weighted by atomic mass is 32.1. The number of hydrogen-bond donors (Lipinski definition) is 2. The molecule has 0 unspecified atom stereocenters. The molecule has 0 saturated carbocycles. The van der Waals surface area contributed by atoms with Gasteiger partial charge in [0.05, 0.1) is 11.4 Å². The van der Waals surface area contributed by atoms with E-state index in [1.54, 1.807) is 17.6 Å². The van der Waals surface area contributed by atoms with Crippen LogP contribution in [0.3, 0.4) is 0 Å².